The first-order chi connectivity index (χ1) is 6.26. The fourth-order valence-electron chi connectivity index (χ4n) is 0.888. The molecule has 0 aromatic heterocycles. The van der Waals surface area contributed by atoms with Crippen LogP contribution in [0.2, 0.25) is 0 Å². The molecule has 1 nitrogen and oxygen atoms in total. The van der Waals surface area contributed by atoms with Crippen LogP contribution in [0.1, 0.15) is 5.56 Å². The summed E-state index contributed by atoms with van der Waals surface area (Å²) in [6.07, 6.45) is 0. The minimum Gasteiger partial charge on any atom is -0.497 e. The number of halogens is 2. The van der Waals surface area contributed by atoms with Crippen LogP contribution in [-0.2, 0) is 0 Å². The average Bonchev–Trinajstić information content (AvgIpc) is 2.14. The molecule has 0 saturated carbocycles. The maximum atomic E-state index is 12.9. The van der Waals surface area contributed by atoms with Gasteiger partial charge in [-0.2, -0.15) is 0 Å². The van der Waals surface area contributed by atoms with Gasteiger partial charge in [0.05, 0.1) is 12.4 Å². The van der Waals surface area contributed by atoms with Gasteiger partial charge in [0.15, 0.2) is 0 Å². The number of alkyl halides is 1. The highest BCUT2D eigenvalue weighted by Gasteiger charge is 1.97. The molecule has 1 aromatic carbocycles. The first-order valence-electron chi connectivity index (χ1n) is 3.65. The smallest absolute Gasteiger partial charge is 0.128 e. The summed E-state index contributed by atoms with van der Waals surface area (Å²) >= 11 is 3.16. The molecule has 68 valence electrons. The second kappa shape index (κ2) is 4.88. The van der Waals surface area contributed by atoms with Gasteiger partial charge in [0.2, 0.25) is 0 Å². The highest BCUT2D eigenvalue weighted by Crippen LogP contribution is 2.14. The molecule has 0 aliphatic rings. The number of methoxy groups -OCH3 is 1. The predicted octanol–water partition coefficient (Wildman–Crippen LogP) is 2.58. The van der Waals surface area contributed by atoms with Crippen molar-refractivity contribution in [2.45, 2.75) is 0 Å². The van der Waals surface area contributed by atoms with Crippen molar-refractivity contribution in [1.82, 2.24) is 0 Å². The van der Waals surface area contributed by atoms with Crippen LogP contribution in [0.15, 0.2) is 18.2 Å². The lowest BCUT2D eigenvalue weighted by Gasteiger charge is -1.99. The summed E-state index contributed by atoms with van der Waals surface area (Å²) in [5, 5.41) is 0.575. The van der Waals surface area contributed by atoms with Gasteiger partial charge < -0.3 is 4.74 Å². The molecule has 0 unspecified atom stereocenters. The summed E-state index contributed by atoms with van der Waals surface area (Å²) in [7, 11) is 1.50. The zero-order valence-corrected chi connectivity index (χ0v) is 8.69. The minimum absolute atomic E-state index is 0.335. The molecule has 0 bridgehead atoms. The molecule has 0 N–H and O–H groups in total. The number of hydrogen-bond acceptors (Lipinski definition) is 1. The Morgan fingerprint density at radius 2 is 2.23 bits per heavy atom. The van der Waals surface area contributed by atoms with Crippen molar-refractivity contribution in [1.29, 1.82) is 0 Å². The second-order valence-electron chi connectivity index (χ2n) is 2.32. The van der Waals surface area contributed by atoms with Crippen molar-refractivity contribution in [2.75, 3.05) is 12.4 Å². The van der Waals surface area contributed by atoms with E-state index in [1.54, 1.807) is 6.07 Å². The molecule has 0 radical (unpaired) electrons. The standard InChI is InChI=1S/C10H8BrFO/c1-13-10-6-8(3-2-4-11)5-9(12)7-10/h5-7H,4H2,1H3. The maximum Gasteiger partial charge on any atom is 0.128 e. The molecule has 3 heteroatoms. The van der Waals surface area contributed by atoms with Crippen LogP contribution in [-0.4, -0.2) is 12.4 Å². The normalized spacial score (nSPS) is 8.85. The van der Waals surface area contributed by atoms with Gasteiger partial charge in [0, 0.05) is 11.6 Å². The van der Waals surface area contributed by atoms with Gasteiger partial charge in [0.1, 0.15) is 11.6 Å². The molecule has 0 aliphatic heterocycles. The van der Waals surface area contributed by atoms with Gasteiger partial charge in [-0.05, 0) is 12.1 Å². The van der Waals surface area contributed by atoms with Gasteiger partial charge in [-0.15, -0.1) is 0 Å². The summed E-state index contributed by atoms with van der Waals surface area (Å²) < 4.78 is 17.8. The van der Waals surface area contributed by atoms with Crippen molar-refractivity contribution in [2.24, 2.45) is 0 Å². The third kappa shape index (κ3) is 3.08. The lowest BCUT2D eigenvalue weighted by molar-refractivity contribution is 0.411. The molecule has 0 heterocycles. The minimum atomic E-state index is -0.335. The van der Waals surface area contributed by atoms with Gasteiger partial charge in [-0.3, -0.25) is 0 Å². The Morgan fingerprint density at radius 3 is 2.85 bits per heavy atom. The summed E-state index contributed by atoms with van der Waals surface area (Å²) in [4.78, 5) is 0. The molecule has 1 aromatic rings. The van der Waals surface area contributed by atoms with Gasteiger partial charge in [-0.1, -0.05) is 27.8 Å². The topological polar surface area (TPSA) is 9.23 Å². The first kappa shape index (κ1) is 10.1. The molecule has 0 saturated heterocycles. The molecule has 0 fully saturated rings. The highest BCUT2D eigenvalue weighted by molar-refractivity contribution is 9.09. The van der Waals surface area contributed by atoms with Crippen LogP contribution in [0.4, 0.5) is 4.39 Å². The van der Waals surface area contributed by atoms with Crippen molar-refractivity contribution < 1.29 is 9.13 Å². The van der Waals surface area contributed by atoms with Crippen LogP contribution in [0.3, 0.4) is 0 Å². The molecule has 1 rings (SSSR count). The van der Waals surface area contributed by atoms with E-state index in [0.717, 1.165) is 0 Å². The largest absolute Gasteiger partial charge is 0.497 e. The van der Waals surface area contributed by atoms with E-state index in [0.29, 0.717) is 16.6 Å². The number of benzene rings is 1. The van der Waals surface area contributed by atoms with Crippen LogP contribution in [0.5, 0.6) is 5.75 Å². The van der Waals surface area contributed by atoms with Crippen molar-refractivity contribution in [3.63, 3.8) is 0 Å². The molecular weight excluding hydrogens is 235 g/mol. The van der Waals surface area contributed by atoms with E-state index in [4.69, 9.17) is 4.74 Å². The SMILES string of the molecule is COc1cc(F)cc(C#CCBr)c1. The predicted molar refractivity (Wildman–Crippen MR) is 53.6 cm³/mol. The lowest BCUT2D eigenvalue weighted by atomic mass is 10.2. The van der Waals surface area contributed by atoms with E-state index >= 15 is 0 Å². The zero-order chi connectivity index (χ0) is 9.68. The van der Waals surface area contributed by atoms with Gasteiger partial charge in [0.25, 0.3) is 0 Å². The fourth-order valence-corrected chi connectivity index (χ4v) is 1.03. The summed E-state index contributed by atoms with van der Waals surface area (Å²) in [6.45, 7) is 0. The van der Waals surface area contributed by atoms with Crippen LogP contribution >= 0.6 is 15.9 Å². The average molecular weight is 243 g/mol. The number of ether oxygens (including phenoxy) is 1. The molecule has 13 heavy (non-hydrogen) atoms. The molecule has 0 atom stereocenters. The van der Waals surface area contributed by atoms with Crippen LogP contribution in [0, 0.1) is 17.7 Å². The lowest BCUT2D eigenvalue weighted by Crippen LogP contribution is -1.86. The second-order valence-corrected chi connectivity index (χ2v) is 2.88. The monoisotopic (exact) mass is 242 g/mol. The summed E-state index contributed by atoms with van der Waals surface area (Å²) in [6, 6.07) is 4.39. The van der Waals surface area contributed by atoms with Gasteiger partial charge in [-0.25, -0.2) is 4.39 Å². The Hall–Kier alpha value is -1.01. The Morgan fingerprint density at radius 1 is 1.46 bits per heavy atom. The molecule has 0 aliphatic carbocycles. The first-order valence-corrected chi connectivity index (χ1v) is 4.78. The quantitative estimate of drug-likeness (QED) is 0.544. The Kier molecular flexibility index (Phi) is 3.78. The fraction of sp³-hybridized carbons (Fsp3) is 0.200. The van der Waals surface area contributed by atoms with Crippen molar-refractivity contribution in [3.05, 3.63) is 29.6 Å². The summed E-state index contributed by atoms with van der Waals surface area (Å²) in [5.74, 6) is 5.73. The Labute approximate surface area is 85.0 Å². The highest BCUT2D eigenvalue weighted by atomic mass is 79.9. The molecular formula is C10H8BrFO. The third-order valence-corrected chi connectivity index (χ3v) is 1.69. The van der Waals surface area contributed by atoms with E-state index in [9.17, 15) is 4.39 Å². The Balaban J connectivity index is 3.01. The van der Waals surface area contributed by atoms with E-state index in [2.05, 4.69) is 27.8 Å². The number of rotatable bonds is 1. The van der Waals surface area contributed by atoms with E-state index in [-0.39, 0.29) is 5.82 Å². The van der Waals surface area contributed by atoms with Crippen LogP contribution < -0.4 is 4.74 Å². The van der Waals surface area contributed by atoms with Crippen LogP contribution in [0.25, 0.3) is 0 Å². The molecule has 0 spiro atoms. The van der Waals surface area contributed by atoms with Gasteiger partial charge >= 0.3 is 0 Å². The maximum absolute atomic E-state index is 12.9. The van der Waals surface area contributed by atoms with Crippen molar-refractivity contribution >= 4 is 15.9 Å². The van der Waals surface area contributed by atoms with E-state index < -0.39 is 0 Å². The third-order valence-electron chi connectivity index (χ3n) is 1.41. The number of hydrogen-bond donors (Lipinski definition) is 0. The van der Waals surface area contributed by atoms with E-state index in [1.807, 2.05) is 0 Å². The van der Waals surface area contributed by atoms with E-state index in [1.165, 1.54) is 19.2 Å². The zero-order valence-electron chi connectivity index (χ0n) is 7.10. The molecule has 0 amide bonds. The van der Waals surface area contributed by atoms with Crippen molar-refractivity contribution in [3.8, 4) is 17.6 Å². The Bertz CT molecular complexity index is 352. The summed E-state index contributed by atoms with van der Waals surface area (Å²) in [5.41, 5.74) is 0.622.